The van der Waals surface area contributed by atoms with Gasteiger partial charge in [-0.05, 0) is 12.1 Å². The van der Waals surface area contributed by atoms with Crippen LogP contribution >= 0.6 is 12.4 Å². The molecule has 0 saturated carbocycles. The van der Waals surface area contributed by atoms with Crippen molar-refractivity contribution < 1.29 is 9.21 Å². The van der Waals surface area contributed by atoms with Crippen molar-refractivity contribution in [1.82, 2.24) is 10.3 Å². The first-order valence-electron chi connectivity index (χ1n) is 6.18. The van der Waals surface area contributed by atoms with Crippen LogP contribution in [0.3, 0.4) is 0 Å². The van der Waals surface area contributed by atoms with Crippen LogP contribution in [-0.2, 0) is 11.3 Å². The molecule has 0 aliphatic heterocycles. The van der Waals surface area contributed by atoms with Gasteiger partial charge in [0.25, 0.3) is 0 Å². The molecule has 0 aliphatic carbocycles. The van der Waals surface area contributed by atoms with Crippen LogP contribution in [-0.4, -0.2) is 17.4 Å². The number of oxazole rings is 1. The summed E-state index contributed by atoms with van der Waals surface area (Å²) in [7, 11) is 0. The lowest BCUT2D eigenvalue weighted by atomic mass is 10.2. The number of halogens is 1. The molecule has 2 rings (SSSR count). The van der Waals surface area contributed by atoms with E-state index in [4.69, 9.17) is 10.2 Å². The zero-order valence-electron chi connectivity index (χ0n) is 11.2. The van der Waals surface area contributed by atoms with Crippen LogP contribution in [0.2, 0.25) is 0 Å². The van der Waals surface area contributed by atoms with Gasteiger partial charge in [0.05, 0.1) is 12.2 Å². The van der Waals surface area contributed by atoms with E-state index in [1.807, 2.05) is 30.3 Å². The second-order valence-corrected chi connectivity index (χ2v) is 4.36. The number of nitrogens with zero attached hydrogens (tertiary/aromatic N) is 1. The molecule has 0 radical (unpaired) electrons. The lowest BCUT2D eigenvalue weighted by Gasteiger charge is -2.07. The van der Waals surface area contributed by atoms with Gasteiger partial charge in [0, 0.05) is 18.0 Å². The molecular formula is C14H18ClN3O2. The van der Waals surface area contributed by atoms with Gasteiger partial charge in [-0.25, -0.2) is 4.98 Å². The van der Waals surface area contributed by atoms with Crippen molar-refractivity contribution in [2.45, 2.75) is 13.5 Å². The Kier molecular flexibility index (Phi) is 6.21. The Morgan fingerprint density at radius 2 is 2.10 bits per heavy atom. The molecule has 1 unspecified atom stereocenters. The molecule has 0 spiro atoms. The largest absolute Gasteiger partial charge is 0.444 e. The lowest BCUT2D eigenvalue weighted by Crippen LogP contribution is -2.32. The fourth-order valence-corrected chi connectivity index (χ4v) is 1.56. The molecule has 108 valence electrons. The summed E-state index contributed by atoms with van der Waals surface area (Å²) in [5.41, 5.74) is 7.03. The molecule has 1 aromatic carbocycles. The van der Waals surface area contributed by atoms with Crippen molar-refractivity contribution in [2.75, 3.05) is 6.54 Å². The summed E-state index contributed by atoms with van der Waals surface area (Å²) >= 11 is 0. The zero-order chi connectivity index (χ0) is 13.7. The Morgan fingerprint density at radius 3 is 2.75 bits per heavy atom. The molecule has 1 amide bonds. The topological polar surface area (TPSA) is 81.2 Å². The smallest absolute Gasteiger partial charge is 0.226 e. The molecule has 20 heavy (non-hydrogen) atoms. The van der Waals surface area contributed by atoms with E-state index in [9.17, 15) is 4.79 Å². The molecule has 1 heterocycles. The van der Waals surface area contributed by atoms with Crippen LogP contribution in [0, 0.1) is 5.92 Å². The third kappa shape index (κ3) is 4.08. The van der Waals surface area contributed by atoms with E-state index >= 15 is 0 Å². The molecular weight excluding hydrogens is 278 g/mol. The van der Waals surface area contributed by atoms with Crippen molar-refractivity contribution in [1.29, 1.82) is 0 Å². The molecule has 1 aromatic heterocycles. The Hall–Kier alpha value is -1.85. The standard InChI is InChI=1S/C14H17N3O2.ClH/c1-10(7-15)13(18)16-8-12-9-19-14(17-12)11-5-3-2-4-6-11;/h2-6,9-10H,7-8,15H2,1H3,(H,16,18);1H. The third-order valence-electron chi connectivity index (χ3n) is 2.82. The average Bonchev–Trinajstić information content (AvgIpc) is 2.93. The van der Waals surface area contributed by atoms with Crippen LogP contribution in [0.1, 0.15) is 12.6 Å². The van der Waals surface area contributed by atoms with Crippen LogP contribution in [0.15, 0.2) is 41.0 Å². The molecule has 3 N–H and O–H groups in total. The molecule has 0 bridgehead atoms. The quantitative estimate of drug-likeness (QED) is 0.884. The number of nitrogens with one attached hydrogen (secondary N) is 1. The van der Waals surface area contributed by atoms with Gasteiger partial charge in [-0.1, -0.05) is 25.1 Å². The number of hydrogen-bond donors (Lipinski definition) is 2. The first kappa shape index (κ1) is 16.2. The van der Waals surface area contributed by atoms with Crippen molar-refractivity contribution in [3.05, 3.63) is 42.3 Å². The summed E-state index contributed by atoms with van der Waals surface area (Å²) in [6.45, 7) is 2.47. The maximum absolute atomic E-state index is 11.6. The molecule has 6 heteroatoms. The maximum Gasteiger partial charge on any atom is 0.226 e. The predicted molar refractivity (Wildman–Crippen MR) is 79.3 cm³/mol. The van der Waals surface area contributed by atoms with Crippen molar-refractivity contribution >= 4 is 18.3 Å². The van der Waals surface area contributed by atoms with Gasteiger partial charge < -0.3 is 15.5 Å². The monoisotopic (exact) mass is 295 g/mol. The van der Waals surface area contributed by atoms with Gasteiger partial charge in [0.2, 0.25) is 11.8 Å². The van der Waals surface area contributed by atoms with Gasteiger partial charge in [0.15, 0.2) is 0 Å². The normalized spacial score (nSPS) is 11.5. The Balaban J connectivity index is 0.00000200. The van der Waals surface area contributed by atoms with E-state index in [-0.39, 0.29) is 24.2 Å². The third-order valence-corrected chi connectivity index (χ3v) is 2.82. The zero-order valence-corrected chi connectivity index (χ0v) is 12.0. The fourth-order valence-electron chi connectivity index (χ4n) is 1.56. The highest BCUT2D eigenvalue weighted by molar-refractivity contribution is 5.85. The van der Waals surface area contributed by atoms with Gasteiger partial charge >= 0.3 is 0 Å². The number of hydrogen-bond acceptors (Lipinski definition) is 4. The summed E-state index contributed by atoms with van der Waals surface area (Å²) in [5.74, 6) is 0.281. The average molecular weight is 296 g/mol. The number of carbonyl (C=O) groups excluding carboxylic acids is 1. The van der Waals surface area contributed by atoms with E-state index in [0.29, 0.717) is 24.7 Å². The number of carbonyl (C=O) groups is 1. The maximum atomic E-state index is 11.6. The van der Waals surface area contributed by atoms with E-state index < -0.39 is 0 Å². The summed E-state index contributed by atoms with van der Waals surface area (Å²) in [6, 6.07) is 9.62. The Morgan fingerprint density at radius 1 is 1.40 bits per heavy atom. The summed E-state index contributed by atoms with van der Waals surface area (Å²) in [4.78, 5) is 15.9. The summed E-state index contributed by atoms with van der Waals surface area (Å²) < 4.78 is 5.38. The van der Waals surface area contributed by atoms with E-state index in [1.165, 1.54) is 0 Å². The first-order chi connectivity index (χ1) is 9.20. The van der Waals surface area contributed by atoms with E-state index in [2.05, 4.69) is 10.3 Å². The highest BCUT2D eigenvalue weighted by atomic mass is 35.5. The highest BCUT2D eigenvalue weighted by Gasteiger charge is 2.11. The predicted octanol–water partition coefficient (Wildman–Crippen LogP) is 1.97. The van der Waals surface area contributed by atoms with Crippen LogP contribution in [0.5, 0.6) is 0 Å². The number of amides is 1. The molecule has 2 aromatic rings. The fraction of sp³-hybridized carbons (Fsp3) is 0.286. The Bertz CT molecular complexity index is 542. The minimum absolute atomic E-state index is 0. The van der Waals surface area contributed by atoms with Crippen molar-refractivity contribution in [3.63, 3.8) is 0 Å². The number of rotatable bonds is 5. The number of nitrogens with two attached hydrogens (primary N) is 1. The molecule has 1 atom stereocenters. The second-order valence-electron chi connectivity index (χ2n) is 4.36. The summed E-state index contributed by atoms with van der Waals surface area (Å²) in [6.07, 6.45) is 1.55. The van der Waals surface area contributed by atoms with E-state index in [0.717, 1.165) is 5.56 Å². The molecule has 0 fully saturated rings. The SMILES string of the molecule is CC(CN)C(=O)NCc1coc(-c2ccccc2)n1.Cl. The number of benzene rings is 1. The first-order valence-corrected chi connectivity index (χ1v) is 6.18. The van der Waals surface area contributed by atoms with Gasteiger partial charge in [-0.3, -0.25) is 4.79 Å². The van der Waals surface area contributed by atoms with Crippen LogP contribution in [0.4, 0.5) is 0 Å². The summed E-state index contributed by atoms with van der Waals surface area (Å²) in [5, 5.41) is 2.77. The van der Waals surface area contributed by atoms with Crippen LogP contribution < -0.4 is 11.1 Å². The minimum atomic E-state index is -0.194. The Labute approximate surface area is 124 Å². The minimum Gasteiger partial charge on any atom is -0.444 e. The molecule has 0 aliphatic rings. The lowest BCUT2D eigenvalue weighted by molar-refractivity contribution is -0.124. The van der Waals surface area contributed by atoms with Crippen molar-refractivity contribution in [3.8, 4) is 11.5 Å². The highest BCUT2D eigenvalue weighted by Crippen LogP contribution is 2.17. The van der Waals surface area contributed by atoms with E-state index in [1.54, 1.807) is 13.2 Å². The van der Waals surface area contributed by atoms with Gasteiger partial charge in [-0.2, -0.15) is 0 Å². The molecule has 0 saturated heterocycles. The second kappa shape index (κ2) is 7.67. The van der Waals surface area contributed by atoms with Gasteiger partial charge in [0.1, 0.15) is 6.26 Å². The van der Waals surface area contributed by atoms with Crippen molar-refractivity contribution in [2.24, 2.45) is 11.7 Å². The van der Waals surface area contributed by atoms with Crippen LogP contribution in [0.25, 0.3) is 11.5 Å². The molecule has 5 nitrogen and oxygen atoms in total. The van der Waals surface area contributed by atoms with Gasteiger partial charge in [-0.15, -0.1) is 12.4 Å². The number of aromatic nitrogens is 1.